The highest BCUT2D eigenvalue weighted by atomic mass is 16.5. The van der Waals surface area contributed by atoms with Gasteiger partial charge in [-0.05, 0) is 40.5 Å². The second-order valence-corrected chi connectivity index (χ2v) is 8.44. The van der Waals surface area contributed by atoms with Crippen LogP contribution >= 0.6 is 0 Å². The lowest BCUT2D eigenvalue weighted by Gasteiger charge is -2.30. The van der Waals surface area contributed by atoms with Crippen LogP contribution in [-0.2, 0) is 15.9 Å². The maximum Gasteiger partial charge on any atom is 0.313 e. The smallest absolute Gasteiger partial charge is 0.313 e. The van der Waals surface area contributed by atoms with E-state index < -0.39 is 11.7 Å². The molecule has 162 valence electrons. The molecular formula is C20H33N5O4. The Morgan fingerprint density at radius 1 is 1.10 bits per heavy atom. The number of aromatic hydroxyl groups is 1. The summed E-state index contributed by atoms with van der Waals surface area (Å²) in [6, 6.07) is -0.282. The van der Waals surface area contributed by atoms with E-state index in [1.54, 1.807) is 10.9 Å². The minimum Gasteiger partial charge on any atom is -0.479 e. The van der Waals surface area contributed by atoms with Crippen molar-refractivity contribution in [2.24, 2.45) is 0 Å². The lowest BCUT2D eigenvalue weighted by atomic mass is 10.0. The number of nitrogens with zero attached hydrogens (tertiary/aromatic N) is 5. The van der Waals surface area contributed by atoms with Gasteiger partial charge in [0.2, 0.25) is 0 Å². The van der Waals surface area contributed by atoms with Crippen LogP contribution in [0.25, 0.3) is 5.69 Å². The number of hydrogen-bond acceptors (Lipinski definition) is 8. The van der Waals surface area contributed by atoms with E-state index in [4.69, 9.17) is 9.47 Å². The Hall–Kier alpha value is -2.10. The highest BCUT2D eigenvalue weighted by Gasteiger charge is 2.25. The predicted molar refractivity (Wildman–Crippen MR) is 108 cm³/mol. The van der Waals surface area contributed by atoms with E-state index in [-0.39, 0.29) is 11.6 Å². The van der Waals surface area contributed by atoms with Gasteiger partial charge in [0.1, 0.15) is 5.69 Å². The lowest BCUT2D eigenvalue weighted by Crippen LogP contribution is -2.34. The molecule has 0 spiro atoms. The fourth-order valence-electron chi connectivity index (χ4n) is 2.81. The molecule has 29 heavy (non-hydrogen) atoms. The minimum absolute atomic E-state index is 0.282. The molecular weight excluding hydrogens is 374 g/mol. The van der Waals surface area contributed by atoms with Crippen LogP contribution < -0.4 is 0 Å². The molecule has 2 heterocycles. The van der Waals surface area contributed by atoms with Crippen molar-refractivity contribution in [2.45, 2.75) is 77.6 Å². The molecule has 0 aliphatic heterocycles. The zero-order chi connectivity index (χ0) is 21.5. The van der Waals surface area contributed by atoms with E-state index in [1.807, 2.05) is 34.6 Å². The number of hydrogen-bond donors (Lipinski definition) is 2. The molecule has 9 nitrogen and oxygen atoms in total. The maximum atomic E-state index is 9.84. The second kappa shape index (κ2) is 10.1. The molecule has 0 saturated heterocycles. The number of aliphatic hydroxyl groups is 1. The van der Waals surface area contributed by atoms with E-state index >= 15 is 0 Å². The molecule has 1 atom stereocenters. The van der Waals surface area contributed by atoms with Crippen molar-refractivity contribution in [1.29, 1.82) is 0 Å². The van der Waals surface area contributed by atoms with Gasteiger partial charge >= 0.3 is 6.01 Å². The van der Waals surface area contributed by atoms with Crippen LogP contribution in [0.15, 0.2) is 18.6 Å². The van der Waals surface area contributed by atoms with Gasteiger partial charge in [0.25, 0.3) is 0 Å². The fourth-order valence-corrected chi connectivity index (χ4v) is 2.81. The molecule has 2 N–H and O–H groups in total. The first-order valence-corrected chi connectivity index (χ1v) is 9.99. The van der Waals surface area contributed by atoms with Crippen molar-refractivity contribution in [3.8, 4) is 11.7 Å². The van der Waals surface area contributed by atoms with Gasteiger partial charge in [0, 0.05) is 6.42 Å². The quantitative estimate of drug-likeness (QED) is 0.551. The lowest BCUT2D eigenvalue weighted by molar-refractivity contribution is -0.0918. The summed E-state index contributed by atoms with van der Waals surface area (Å²) in [4.78, 5) is 7.49. The Balaban J connectivity index is 1.81. The van der Waals surface area contributed by atoms with Crippen molar-refractivity contribution < 1.29 is 19.7 Å². The third-order valence-corrected chi connectivity index (χ3v) is 4.52. The van der Waals surface area contributed by atoms with Crippen LogP contribution in [0.2, 0.25) is 0 Å². The molecule has 1 unspecified atom stereocenters. The Kier molecular flexibility index (Phi) is 8.06. The Bertz CT molecular complexity index is 746. The Morgan fingerprint density at radius 3 is 2.45 bits per heavy atom. The number of ether oxygens (including phenoxy) is 2. The average Bonchev–Trinajstić information content (AvgIpc) is 3.08. The molecule has 0 bridgehead atoms. The summed E-state index contributed by atoms with van der Waals surface area (Å²) in [6.45, 7) is 10.9. The van der Waals surface area contributed by atoms with Crippen molar-refractivity contribution in [3.63, 3.8) is 0 Å². The first kappa shape index (κ1) is 23.2. The predicted octanol–water partition coefficient (Wildman–Crippen LogP) is 2.45. The first-order valence-electron chi connectivity index (χ1n) is 9.99. The summed E-state index contributed by atoms with van der Waals surface area (Å²) in [5.74, 6) is 0. The summed E-state index contributed by atoms with van der Waals surface area (Å²) >= 11 is 0. The number of rotatable bonds is 12. The molecule has 2 aromatic rings. The van der Waals surface area contributed by atoms with Gasteiger partial charge in [-0.1, -0.05) is 18.6 Å². The fraction of sp³-hybridized carbons (Fsp3) is 0.700. The summed E-state index contributed by atoms with van der Waals surface area (Å²) < 4.78 is 13.5. The van der Waals surface area contributed by atoms with Crippen molar-refractivity contribution in [2.75, 3.05) is 13.2 Å². The van der Waals surface area contributed by atoms with E-state index in [0.29, 0.717) is 31.7 Å². The summed E-state index contributed by atoms with van der Waals surface area (Å²) in [7, 11) is 0. The van der Waals surface area contributed by atoms with Crippen LogP contribution in [0.4, 0.5) is 0 Å². The number of aliphatic hydroxyl groups excluding tert-OH is 1. The van der Waals surface area contributed by atoms with Crippen molar-refractivity contribution >= 4 is 0 Å². The topological polar surface area (TPSA) is 115 Å². The molecule has 9 heteroatoms. The van der Waals surface area contributed by atoms with Crippen molar-refractivity contribution in [1.82, 2.24) is 25.0 Å². The van der Waals surface area contributed by atoms with Gasteiger partial charge in [-0.25, -0.2) is 14.6 Å². The first-order chi connectivity index (χ1) is 13.6. The van der Waals surface area contributed by atoms with Crippen molar-refractivity contribution in [3.05, 3.63) is 24.3 Å². The molecule has 2 aromatic heterocycles. The van der Waals surface area contributed by atoms with Crippen LogP contribution in [0.5, 0.6) is 6.01 Å². The molecule has 0 aromatic carbocycles. The SMILES string of the molecule is CCCC(O)COC(C)(C)CCOC(C)(C)Cc1cn(-c2cnc(O)nc2)nn1. The Labute approximate surface area is 172 Å². The van der Waals surface area contributed by atoms with Crippen LogP contribution in [-0.4, -0.2) is 65.7 Å². The standard InChI is InChI=1S/C20H33N5O4/c1-6-7-17(26)14-29-19(2,3)8-9-28-20(4,5)10-15-13-25(24-23-15)16-11-21-18(27)22-12-16/h11-13,17,26H,6-10,14H2,1-5H3,(H,21,22,27). The number of aromatic nitrogens is 5. The second-order valence-electron chi connectivity index (χ2n) is 8.44. The van der Waals surface area contributed by atoms with Gasteiger partial charge in [-0.2, -0.15) is 0 Å². The highest BCUT2D eigenvalue weighted by molar-refractivity contribution is 5.24. The minimum atomic E-state index is -0.426. The molecule has 0 radical (unpaired) electrons. The van der Waals surface area contributed by atoms with E-state index in [9.17, 15) is 10.2 Å². The molecule has 0 saturated carbocycles. The van der Waals surface area contributed by atoms with E-state index in [0.717, 1.165) is 18.5 Å². The van der Waals surface area contributed by atoms with Gasteiger partial charge < -0.3 is 19.7 Å². The summed E-state index contributed by atoms with van der Waals surface area (Å²) in [5, 5.41) is 27.3. The zero-order valence-electron chi connectivity index (χ0n) is 18.0. The molecule has 0 aliphatic carbocycles. The normalized spacial score (nSPS) is 13.6. The van der Waals surface area contributed by atoms with Gasteiger partial charge in [0.05, 0.1) is 54.8 Å². The Morgan fingerprint density at radius 2 is 1.79 bits per heavy atom. The largest absolute Gasteiger partial charge is 0.479 e. The monoisotopic (exact) mass is 407 g/mol. The van der Waals surface area contributed by atoms with Crippen LogP contribution in [0.1, 0.15) is 59.6 Å². The summed E-state index contributed by atoms with van der Waals surface area (Å²) in [5.41, 5.74) is 0.599. The van der Waals surface area contributed by atoms with Gasteiger partial charge in [-0.3, -0.25) is 0 Å². The molecule has 0 fully saturated rings. The highest BCUT2D eigenvalue weighted by Crippen LogP contribution is 2.21. The average molecular weight is 408 g/mol. The summed E-state index contributed by atoms with van der Waals surface area (Å²) in [6.07, 6.45) is 7.31. The van der Waals surface area contributed by atoms with Gasteiger partial charge in [-0.15, -0.1) is 5.10 Å². The van der Waals surface area contributed by atoms with E-state index in [2.05, 4.69) is 20.3 Å². The molecule has 0 amide bonds. The molecule has 0 aliphatic rings. The molecule has 2 rings (SSSR count). The van der Waals surface area contributed by atoms with Crippen LogP contribution in [0, 0.1) is 0 Å². The zero-order valence-corrected chi connectivity index (χ0v) is 18.0. The van der Waals surface area contributed by atoms with E-state index in [1.165, 1.54) is 12.4 Å². The third kappa shape index (κ3) is 8.04. The van der Waals surface area contributed by atoms with Gasteiger partial charge in [0.15, 0.2) is 0 Å². The van der Waals surface area contributed by atoms with Crippen LogP contribution in [0.3, 0.4) is 0 Å². The third-order valence-electron chi connectivity index (χ3n) is 4.52. The maximum absolute atomic E-state index is 9.84.